The maximum absolute atomic E-state index is 12.2. The lowest BCUT2D eigenvalue weighted by atomic mass is 10.0. The zero-order valence-electron chi connectivity index (χ0n) is 24.5. The van der Waals surface area contributed by atoms with Crippen molar-refractivity contribution < 1.29 is 19.0 Å². The summed E-state index contributed by atoms with van der Waals surface area (Å²) in [6, 6.07) is 5.67. The summed E-state index contributed by atoms with van der Waals surface area (Å²) in [4.78, 5) is 18.0. The Morgan fingerprint density at radius 1 is 0.895 bits per heavy atom. The molecule has 2 rings (SSSR count). The zero-order chi connectivity index (χ0) is 27.1. The minimum atomic E-state index is -0.345. The minimum Gasteiger partial charge on any atom is -0.447 e. The number of carbonyl (C=O) groups is 1. The molecule has 1 aromatic heterocycles. The topological polar surface area (TPSA) is 60.9 Å². The fourth-order valence-corrected chi connectivity index (χ4v) is 5.09. The van der Waals surface area contributed by atoms with E-state index >= 15 is 0 Å². The SMILES string of the molecule is CCCCCCCCCCCCCCCCCCOC[C@H]1CO[C@H](COC(=O)N(C)Cc2ccccn2)C1. The van der Waals surface area contributed by atoms with Crippen LogP contribution in [0.5, 0.6) is 0 Å². The molecule has 0 N–H and O–H groups in total. The zero-order valence-corrected chi connectivity index (χ0v) is 24.5. The van der Waals surface area contributed by atoms with E-state index in [4.69, 9.17) is 14.2 Å². The molecule has 2 atom stereocenters. The van der Waals surface area contributed by atoms with Gasteiger partial charge in [-0.3, -0.25) is 4.98 Å². The van der Waals surface area contributed by atoms with E-state index in [-0.39, 0.29) is 12.2 Å². The first-order valence-electron chi connectivity index (χ1n) is 15.7. The van der Waals surface area contributed by atoms with Crippen LogP contribution in [0.2, 0.25) is 0 Å². The number of hydrogen-bond donors (Lipinski definition) is 0. The highest BCUT2D eigenvalue weighted by atomic mass is 16.6. The van der Waals surface area contributed by atoms with E-state index in [9.17, 15) is 4.79 Å². The molecule has 2 heterocycles. The van der Waals surface area contributed by atoms with Gasteiger partial charge in [-0.05, 0) is 25.0 Å². The van der Waals surface area contributed by atoms with E-state index in [1.54, 1.807) is 13.2 Å². The van der Waals surface area contributed by atoms with Crippen molar-refractivity contribution in [2.45, 2.75) is 129 Å². The van der Waals surface area contributed by atoms with Crippen molar-refractivity contribution in [1.82, 2.24) is 9.88 Å². The van der Waals surface area contributed by atoms with Gasteiger partial charge in [0.15, 0.2) is 0 Å². The van der Waals surface area contributed by atoms with E-state index in [2.05, 4.69) is 11.9 Å². The molecular weight excluding hydrogens is 476 g/mol. The Morgan fingerprint density at radius 3 is 2.08 bits per heavy atom. The molecule has 0 unspecified atom stereocenters. The van der Waals surface area contributed by atoms with E-state index in [0.29, 0.717) is 25.7 Å². The van der Waals surface area contributed by atoms with Gasteiger partial charge >= 0.3 is 6.09 Å². The molecule has 1 aliphatic heterocycles. The van der Waals surface area contributed by atoms with Crippen molar-refractivity contribution in [2.24, 2.45) is 5.92 Å². The fourth-order valence-electron chi connectivity index (χ4n) is 5.09. The van der Waals surface area contributed by atoms with Crippen molar-refractivity contribution in [3.8, 4) is 0 Å². The lowest BCUT2D eigenvalue weighted by Crippen LogP contribution is -2.30. The maximum atomic E-state index is 12.2. The highest BCUT2D eigenvalue weighted by molar-refractivity contribution is 5.67. The van der Waals surface area contributed by atoms with Crippen molar-refractivity contribution in [2.75, 3.05) is 33.5 Å². The first kappa shape index (κ1) is 32.6. The van der Waals surface area contributed by atoms with Crippen LogP contribution in [0.3, 0.4) is 0 Å². The number of nitrogens with zero attached hydrogens (tertiary/aromatic N) is 2. The fraction of sp³-hybridized carbons (Fsp3) is 0.812. The van der Waals surface area contributed by atoms with E-state index < -0.39 is 0 Å². The van der Waals surface area contributed by atoms with Crippen LogP contribution >= 0.6 is 0 Å². The molecule has 1 saturated heterocycles. The van der Waals surface area contributed by atoms with Crippen LogP contribution in [-0.4, -0.2) is 55.6 Å². The number of carbonyl (C=O) groups excluding carboxylic acids is 1. The van der Waals surface area contributed by atoms with Gasteiger partial charge in [0.25, 0.3) is 0 Å². The van der Waals surface area contributed by atoms with Crippen molar-refractivity contribution in [1.29, 1.82) is 0 Å². The third-order valence-corrected chi connectivity index (χ3v) is 7.49. The number of rotatable bonds is 23. The maximum Gasteiger partial charge on any atom is 0.409 e. The Kier molecular flexibility index (Phi) is 19.0. The van der Waals surface area contributed by atoms with Crippen LogP contribution in [0, 0.1) is 5.92 Å². The summed E-state index contributed by atoms with van der Waals surface area (Å²) >= 11 is 0. The molecule has 1 amide bonds. The molecule has 0 radical (unpaired) electrons. The monoisotopic (exact) mass is 532 g/mol. The second-order valence-corrected chi connectivity index (χ2v) is 11.2. The summed E-state index contributed by atoms with van der Waals surface area (Å²) in [5.41, 5.74) is 0.839. The first-order chi connectivity index (χ1) is 18.7. The lowest BCUT2D eigenvalue weighted by Gasteiger charge is -2.18. The van der Waals surface area contributed by atoms with Crippen LogP contribution < -0.4 is 0 Å². The van der Waals surface area contributed by atoms with Gasteiger partial charge in [0.2, 0.25) is 0 Å². The smallest absolute Gasteiger partial charge is 0.409 e. The molecule has 38 heavy (non-hydrogen) atoms. The lowest BCUT2D eigenvalue weighted by molar-refractivity contribution is 0.0289. The molecule has 0 spiro atoms. The van der Waals surface area contributed by atoms with Gasteiger partial charge in [-0.2, -0.15) is 0 Å². The highest BCUT2D eigenvalue weighted by Crippen LogP contribution is 2.21. The van der Waals surface area contributed by atoms with Gasteiger partial charge in [-0.15, -0.1) is 0 Å². The Morgan fingerprint density at radius 2 is 1.50 bits per heavy atom. The van der Waals surface area contributed by atoms with Crippen LogP contribution in [-0.2, 0) is 20.8 Å². The number of aromatic nitrogens is 1. The average molecular weight is 533 g/mol. The van der Waals surface area contributed by atoms with Gasteiger partial charge in [0, 0.05) is 25.8 Å². The van der Waals surface area contributed by atoms with Crippen LogP contribution in [0.1, 0.15) is 122 Å². The van der Waals surface area contributed by atoms with Crippen LogP contribution in [0.25, 0.3) is 0 Å². The Balaban J connectivity index is 1.32. The normalized spacial score (nSPS) is 17.1. The summed E-state index contributed by atoms with van der Waals surface area (Å²) in [5, 5.41) is 0. The van der Waals surface area contributed by atoms with E-state index in [1.807, 2.05) is 18.2 Å². The summed E-state index contributed by atoms with van der Waals surface area (Å²) in [6.07, 6.45) is 24.4. The summed E-state index contributed by atoms with van der Waals surface area (Å²) in [7, 11) is 1.72. The molecule has 1 aliphatic rings. The number of amides is 1. The number of hydrogen-bond acceptors (Lipinski definition) is 5. The molecule has 218 valence electrons. The molecule has 1 fully saturated rings. The average Bonchev–Trinajstić information content (AvgIpc) is 3.39. The predicted molar refractivity (Wildman–Crippen MR) is 155 cm³/mol. The summed E-state index contributed by atoms with van der Waals surface area (Å²) in [5.74, 6) is 0.394. The minimum absolute atomic E-state index is 0.0358. The molecule has 0 aliphatic carbocycles. The second-order valence-electron chi connectivity index (χ2n) is 11.2. The first-order valence-corrected chi connectivity index (χ1v) is 15.7. The standard InChI is InChI=1S/C32H56N2O4/c1-3-4-5-6-7-8-9-10-11-12-13-14-15-16-17-20-23-36-26-29-24-31(37-27-29)28-38-32(35)34(2)25-30-21-18-19-22-33-30/h18-19,21-22,29,31H,3-17,20,23-28H2,1-2H3/t29-,31-/m0/s1. The Bertz CT molecular complexity index is 687. The molecule has 0 saturated carbocycles. The largest absolute Gasteiger partial charge is 0.447 e. The van der Waals surface area contributed by atoms with E-state index in [0.717, 1.165) is 31.7 Å². The molecule has 6 nitrogen and oxygen atoms in total. The highest BCUT2D eigenvalue weighted by Gasteiger charge is 2.27. The molecule has 0 bridgehead atoms. The second kappa shape index (κ2) is 22.2. The van der Waals surface area contributed by atoms with Crippen molar-refractivity contribution in [3.05, 3.63) is 30.1 Å². The molecule has 1 aromatic rings. The van der Waals surface area contributed by atoms with Gasteiger partial charge in [0.05, 0.1) is 31.6 Å². The van der Waals surface area contributed by atoms with Crippen LogP contribution in [0.15, 0.2) is 24.4 Å². The third kappa shape index (κ3) is 16.3. The Hall–Kier alpha value is -1.66. The molecule has 0 aromatic carbocycles. The van der Waals surface area contributed by atoms with Crippen molar-refractivity contribution in [3.63, 3.8) is 0 Å². The number of unbranched alkanes of at least 4 members (excludes halogenated alkanes) is 15. The van der Waals surface area contributed by atoms with Gasteiger partial charge < -0.3 is 19.1 Å². The Labute approximate surface area is 233 Å². The van der Waals surface area contributed by atoms with Gasteiger partial charge in [-0.1, -0.05) is 109 Å². The third-order valence-electron chi connectivity index (χ3n) is 7.49. The molecule has 6 heteroatoms. The summed E-state index contributed by atoms with van der Waals surface area (Å²) < 4.78 is 17.2. The molecular formula is C32H56N2O4. The number of pyridine rings is 1. The predicted octanol–water partition coefficient (Wildman–Crippen LogP) is 8.33. The van der Waals surface area contributed by atoms with E-state index in [1.165, 1.54) is 101 Å². The van der Waals surface area contributed by atoms with Gasteiger partial charge in [-0.25, -0.2) is 4.79 Å². The number of ether oxygens (including phenoxy) is 3. The quantitative estimate of drug-likeness (QED) is 0.133. The van der Waals surface area contributed by atoms with Crippen LogP contribution in [0.4, 0.5) is 4.79 Å². The summed E-state index contributed by atoms with van der Waals surface area (Å²) in [6.45, 7) is 5.28. The van der Waals surface area contributed by atoms with Crippen molar-refractivity contribution >= 4 is 6.09 Å². The van der Waals surface area contributed by atoms with Gasteiger partial charge in [0.1, 0.15) is 6.61 Å².